The molecule has 0 saturated carbocycles. The van der Waals surface area contributed by atoms with Crippen molar-refractivity contribution >= 4 is 5.91 Å². The molecule has 1 N–H and O–H groups in total. The molecule has 2 aromatic rings. The van der Waals surface area contributed by atoms with Gasteiger partial charge in [-0.15, -0.1) is 5.10 Å². The molecule has 0 aliphatic carbocycles. The number of amides is 1. The van der Waals surface area contributed by atoms with Gasteiger partial charge in [0.05, 0.1) is 12.7 Å². The molecular formula is C14H17F3N6O. The summed E-state index contributed by atoms with van der Waals surface area (Å²) in [5.41, 5.74) is -0.497. The van der Waals surface area contributed by atoms with Gasteiger partial charge in [0.25, 0.3) is 0 Å². The first-order valence-electron chi connectivity index (χ1n) is 7.68. The van der Waals surface area contributed by atoms with Gasteiger partial charge in [-0.2, -0.15) is 18.3 Å². The summed E-state index contributed by atoms with van der Waals surface area (Å²) in [6, 6.07) is 1.04. The first kappa shape index (κ1) is 16.5. The maximum absolute atomic E-state index is 12.6. The number of nitrogens with zero attached hydrogens (tertiary/aromatic N) is 5. The van der Waals surface area contributed by atoms with E-state index in [4.69, 9.17) is 0 Å². The summed E-state index contributed by atoms with van der Waals surface area (Å²) in [4.78, 5) is 14.0. The molecule has 3 heterocycles. The number of alkyl halides is 3. The molecule has 10 heteroatoms. The second kappa shape index (κ2) is 6.62. The summed E-state index contributed by atoms with van der Waals surface area (Å²) in [5, 5.41) is 13.3. The summed E-state index contributed by atoms with van der Waals surface area (Å²) >= 11 is 0. The lowest BCUT2D eigenvalue weighted by molar-refractivity contribution is -0.141. The van der Waals surface area contributed by atoms with Gasteiger partial charge in [-0.25, -0.2) is 0 Å². The maximum atomic E-state index is 12.6. The molecule has 1 fully saturated rings. The van der Waals surface area contributed by atoms with Crippen LogP contribution in [0.5, 0.6) is 0 Å². The van der Waals surface area contributed by atoms with Crippen LogP contribution in [0.4, 0.5) is 13.2 Å². The molecule has 3 rings (SSSR count). The number of aryl methyl sites for hydroxylation is 1. The zero-order valence-electron chi connectivity index (χ0n) is 12.8. The number of rotatable bonds is 4. The van der Waals surface area contributed by atoms with Crippen molar-refractivity contribution in [1.29, 1.82) is 0 Å². The molecule has 1 aliphatic rings. The Balaban J connectivity index is 1.59. The van der Waals surface area contributed by atoms with Crippen molar-refractivity contribution in [2.45, 2.75) is 37.9 Å². The average Bonchev–Trinajstić information content (AvgIpc) is 3.23. The molecule has 2 aromatic heterocycles. The standard InChI is InChI=1S/C14H17F3N6O/c15-14(16,17)12-8-11(19-20-12)10-2-1-5-22(9-10)13(24)3-6-23-7-4-18-21-23/h4,7-8,10H,1-3,5-6,9H2,(H,19,20)/t10-/m0/s1. The number of likely N-dealkylation sites (tertiary alicyclic amines) is 1. The normalized spacial score (nSPS) is 18.8. The van der Waals surface area contributed by atoms with Crippen LogP contribution in [0.25, 0.3) is 0 Å². The van der Waals surface area contributed by atoms with Crippen molar-refractivity contribution in [3.8, 4) is 0 Å². The second-order valence-corrected chi connectivity index (χ2v) is 5.80. The van der Waals surface area contributed by atoms with E-state index in [0.717, 1.165) is 18.9 Å². The zero-order valence-corrected chi connectivity index (χ0v) is 12.8. The van der Waals surface area contributed by atoms with Gasteiger partial charge in [-0.3, -0.25) is 14.6 Å². The van der Waals surface area contributed by atoms with E-state index in [2.05, 4.69) is 20.5 Å². The molecular weight excluding hydrogens is 325 g/mol. The molecule has 1 atom stereocenters. The van der Waals surface area contributed by atoms with Gasteiger partial charge in [0.2, 0.25) is 5.91 Å². The minimum atomic E-state index is -4.46. The van der Waals surface area contributed by atoms with Crippen LogP contribution in [-0.2, 0) is 17.5 Å². The number of H-pyrrole nitrogens is 1. The first-order chi connectivity index (χ1) is 11.4. The lowest BCUT2D eigenvalue weighted by Gasteiger charge is -2.32. The van der Waals surface area contributed by atoms with Gasteiger partial charge in [0.15, 0.2) is 5.69 Å². The van der Waals surface area contributed by atoms with E-state index in [9.17, 15) is 18.0 Å². The SMILES string of the molecule is O=C(CCn1ccnn1)N1CCC[C@H](c2cc(C(F)(F)F)n[nH]2)C1. The lowest BCUT2D eigenvalue weighted by Crippen LogP contribution is -2.39. The third kappa shape index (κ3) is 3.74. The zero-order chi connectivity index (χ0) is 17.2. The van der Waals surface area contributed by atoms with Crippen molar-refractivity contribution in [2.75, 3.05) is 13.1 Å². The van der Waals surface area contributed by atoms with E-state index in [1.165, 1.54) is 6.20 Å². The van der Waals surface area contributed by atoms with Gasteiger partial charge in [0, 0.05) is 37.3 Å². The highest BCUT2D eigenvalue weighted by molar-refractivity contribution is 5.76. The quantitative estimate of drug-likeness (QED) is 0.919. The molecule has 130 valence electrons. The van der Waals surface area contributed by atoms with Crippen molar-refractivity contribution in [3.63, 3.8) is 0 Å². The van der Waals surface area contributed by atoms with E-state index >= 15 is 0 Å². The first-order valence-corrected chi connectivity index (χ1v) is 7.68. The number of aromatic amines is 1. The fourth-order valence-corrected chi connectivity index (χ4v) is 2.87. The van der Waals surface area contributed by atoms with Crippen molar-refractivity contribution in [1.82, 2.24) is 30.1 Å². The van der Waals surface area contributed by atoms with Gasteiger partial charge < -0.3 is 4.90 Å². The number of halogens is 3. The minimum absolute atomic E-state index is 0.0363. The molecule has 0 radical (unpaired) electrons. The predicted molar refractivity (Wildman–Crippen MR) is 76.8 cm³/mol. The summed E-state index contributed by atoms with van der Waals surface area (Å²) in [5.74, 6) is -0.191. The Hall–Kier alpha value is -2.39. The average molecular weight is 342 g/mol. The highest BCUT2D eigenvalue weighted by Crippen LogP contribution is 2.32. The van der Waals surface area contributed by atoms with Crippen LogP contribution >= 0.6 is 0 Å². The number of hydrogen-bond acceptors (Lipinski definition) is 4. The number of piperidine rings is 1. The number of carbonyl (C=O) groups excluding carboxylic acids is 1. The number of carbonyl (C=O) groups is 1. The van der Waals surface area contributed by atoms with Crippen LogP contribution in [0.15, 0.2) is 18.5 Å². The fraction of sp³-hybridized carbons (Fsp3) is 0.571. The molecule has 0 aromatic carbocycles. The van der Waals surface area contributed by atoms with Crippen molar-refractivity contribution < 1.29 is 18.0 Å². The molecule has 0 bridgehead atoms. The Morgan fingerprint density at radius 3 is 2.92 bits per heavy atom. The van der Waals surface area contributed by atoms with Crippen LogP contribution in [0.3, 0.4) is 0 Å². The van der Waals surface area contributed by atoms with Gasteiger partial charge in [-0.05, 0) is 18.9 Å². The van der Waals surface area contributed by atoms with Crippen LogP contribution in [0.2, 0.25) is 0 Å². The third-order valence-corrected chi connectivity index (χ3v) is 4.13. The van der Waals surface area contributed by atoms with Crippen molar-refractivity contribution in [2.24, 2.45) is 0 Å². The van der Waals surface area contributed by atoms with E-state index in [1.54, 1.807) is 15.8 Å². The Morgan fingerprint density at radius 2 is 2.25 bits per heavy atom. The molecule has 24 heavy (non-hydrogen) atoms. The van der Waals surface area contributed by atoms with Gasteiger partial charge in [-0.1, -0.05) is 5.21 Å². The smallest absolute Gasteiger partial charge is 0.342 e. The number of aromatic nitrogens is 5. The van der Waals surface area contributed by atoms with Crippen LogP contribution in [-0.4, -0.2) is 49.1 Å². The van der Waals surface area contributed by atoms with Crippen molar-refractivity contribution in [3.05, 3.63) is 29.8 Å². The summed E-state index contributed by atoms with van der Waals surface area (Å²) in [6.07, 6.45) is 0.517. The highest BCUT2D eigenvalue weighted by atomic mass is 19.4. The fourth-order valence-electron chi connectivity index (χ4n) is 2.87. The molecule has 1 amide bonds. The number of nitrogens with one attached hydrogen (secondary N) is 1. The molecule has 1 aliphatic heterocycles. The van der Waals surface area contributed by atoms with Gasteiger partial charge in [0.1, 0.15) is 0 Å². The van der Waals surface area contributed by atoms with E-state index in [0.29, 0.717) is 25.3 Å². The largest absolute Gasteiger partial charge is 0.435 e. The monoisotopic (exact) mass is 342 g/mol. The molecule has 0 unspecified atom stereocenters. The Labute approximate surface area is 135 Å². The molecule has 1 saturated heterocycles. The van der Waals surface area contributed by atoms with E-state index < -0.39 is 11.9 Å². The van der Waals surface area contributed by atoms with E-state index in [-0.39, 0.29) is 18.2 Å². The van der Waals surface area contributed by atoms with Crippen LogP contribution in [0.1, 0.15) is 36.6 Å². The molecule has 7 nitrogen and oxygen atoms in total. The van der Waals surface area contributed by atoms with Crippen LogP contribution < -0.4 is 0 Å². The Bertz CT molecular complexity index is 681. The Kier molecular flexibility index (Phi) is 4.54. The van der Waals surface area contributed by atoms with E-state index in [1.807, 2.05) is 0 Å². The number of hydrogen-bond donors (Lipinski definition) is 1. The molecule has 0 spiro atoms. The minimum Gasteiger partial charge on any atom is -0.342 e. The predicted octanol–water partition coefficient (Wildman–Crippen LogP) is 1.82. The highest BCUT2D eigenvalue weighted by Gasteiger charge is 2.35. The Morgan fingerprint density at radius 1 is 1.42 bits per heavy atom. The topological polar surface area (TPSA) is 79.7 Å². The summed E-state index contributed by atoms with van der Waals surface area (Å²) in [6.45, 7) is 1.45. The second-order valence-electron chi connectivity index (χ2n) is 5.80. The third-order valence-electron chi connectivity index (χ3n) is 4.13. The van der Waals surface area contributed by atoms with Gasteiger partial charge >= 0.3 is 6.18 Å². The summed E-state index contributed by atoms with van der Waals surface area (Å²) < 4.78 is 39.5. The maximum Gasteiger partial charge on any atom is 0.435 e. The lowest BCUT2D eigenvalue weighted by atomic mass is 9.94. The summed E-state index contributed by atoms with van der Waals surface area (Å²) in [7, 11) is 0. The van der Waals surface area contributed by atoms with Crippen LogP contribution in [0, 0.1) is 0 Å².